The molecular weight excluding hydrogens is 531 g/mol. The highest BCUT2D eigenvalue weighted by molar-refractivity contribution is 6.15. The number of anilines is 2. The summed E-state index contributed by atoms with van der Waals surface area (Å²) >= 11 is 0. The Morgan fingerprint density at radius 1 is 0.810 bits per heavy atom. The molecule has 1 heterocycles. The van der Waals surface area contributed by atoms with Crippen molar-refractivity contribution in [2.45, 2.75) is 13.3 Å². The lowest BCUT2D eigenvalue weighted by molar-refractivity contribution is -0.115. The van der Waals surface area contributed by atoms with E-state index in [4.69, 9.17) is 4.42 Å². The molecule has 0 saturated heterocycles. The molecule has 208 valence electrons. The number of carbonyl (C=O) groups is 3. The molecular formula is C35H27FN2O4. The second-order valence-electron chi connectivity index (χ2n) is 9.70. The summed E-state index contributed by atoms with van der Waals surface area (Å²) in [4.78, 5) is 39.0. The second kappa shape index (κ2) is 12.7. The molecule has 2 amide bonds. The molecule has 6 nitrogen and oxygen atoms in total. The fourth-order valence-corrected chi connectivity index (χ4v) is 4.30. The van der Waals surface area contributed by atoms with Crippen molar-refractivity contribution in [2.24, 2.45) is 0 Å². The van der Waals surface area contributed by atoms with Crippen LogP contribution in [0.15, 0.2) is 120 Å². The first kappa shape index (κ1) is 28.0. The van der Waals surface area contributed by atoms with Gasteiger partial charge in [0, 0.05) is 28.5 Å². The van der Waals surface area contributed by atoms with Crippen LogP contribution in [0.4, 0.5) is 15.8 Å². The predicted octanol–water partition coefficient (Wildman–Crippen LogP) is 7.46. The predicted molar refractivity (Wildman–Crippen MR) is 162 cm³/mol. The number of benzene rings is 4. The minimum atomic E-state index is -0.441. The normalized spacial score (nSPS) is 10.9. The van der Waals surface area contributed by atoms with Crippen LogP contribution in [0, 0.1) is 12.7 Å². The zero-order valence-corrected chi connectivity index (χ0v) is 22.8. The molecule has 0 atom stereocenters. The van der Waals surface area contributed by atoms with Crippen molar-refractivity contribution < 1.29 is 23.2 Å². The van der Waals surface area contributed by atoms with E-state index in [2.05, 4.69) is 10.6 Å². The molecule has 7 heteroatoms. The van der Waals surface area contributed by atoms with E-state index in [0.717, 1.165) is 11.1 Å². The van der Waals surface area contributed by atoms with Crippen molar-refractivity contribution >= 4 is 35.0 Å². The topological polar surface area (TPSA) is 88.4 Å². The van der Waals surface area contributed by atoms with E-state index in [1.807, 2.05) is 37.3 Å². The maximum atomic E-state index is 13.4. The Labute approximate surface area is 242 Å². The molecule has 0 unspecified atom stereocenters. The average Bonchev–Trinajstić information content (AvgIpc) is 3.48. The zero-order chi connectivity index (χ0) is 29.5. The molecule has 0 saturated carbocycles. The molecule has 0 radical (unpaired) electrons. The van der Waals surface area contributed by atoms with E-state index in [0.29, 0.717) is 34.0 Å². The van der Waals surface area contributed by atoms with Crippen LogP contribution in [-0.4, -0.2) is 17.6 Å². The van der Waals surface area contributed by atoms with E-state index in [1.165, 1.54) is 24.3 Å². The number of aryl methyl sites for hydroxylation is 1. The van der Waals surface area contributed by atoms with Crippen LogP contribution in [0.1, 0.15) is 32.8 Å². The molecule has 0 fully saturated rings. The maximum absolute atomic E-state index is 13.4. The molecule has 0 aliphatic heterocycles. The van der Waals surface area contributed by atoms with E-state index in [1.54, 1.807) is 66.7 Å². The van der Waals surface area contributed by atoms with Gasteiger partial charge in [-0.3, -0.25) is 14.4 Å². The van der Waals surface area contributed by atoms with Gasteiger partial charge in [0.25, 0.3) is 0 Å². The monoisotopic (exact) mass is 558 g/mol. The largest absolute Gasteiger partial charge is 0.457 e. The summed E-state index contributed by atoms with van der Waals surface area (Å²) in [5, 5.41) is 5.61. The van der Waals surface area contributed by atoms with E-state index >= 15 is 0 Å². The van der Waals surface area contributed by atoms with Crippen molar-refractivity contribution in [2.75, 3.05) is 10.6 Å². The number of ketones is 1. The summed E-state index contributed by atoms with van der Waals surface area (Å²) in [5.41, 5.74) is 4.08. The number of rotatable bonds is 9. The number of furan rings is 1. The Hall–Kier alpha value is -5.56. The van der Waals surface area contributed by atoms with Gasteiger partial charge in [0.1, 0.15) is 17.3 Å². The fraction of sp³-hybridized carbons (Fsp3) is 0.0571. The van der Waals surface area contributed by atoms with E-state index in [-0.39, 0.29) is 29.5 Å². The number of hydrogen-bond acceptors (Lipinski definition) is 4. The summed E-state index contributed by atoms with van der Waals surface area (Å²) in [7, 11) is 0. The van der Waals surface area contributed by atoms with Gasteiger partial charge in [-0.05, 0) is 73.2 Å². The Balaban J connectivity index is 1.32. The number of halogens is 1. The van der Waals surface area contributed by atoms with Gasteiger partial charge < -0.3 is 15.1 Å². The van der Waals surface area contributed by atoms with E-state index in [9.17, 15) is 18.8 Å². The molecule has 2 N–H and O–H groups in total. The quantitative estimate of drug-likeness (QED) is 0.145. The van der Waals surface area contributed by atoms with Crippen LogP contribution in [0.2, 0.25) is 0 Å². The first-order chi connectivity index (χ1) is 20.3. The second-order valence-corrected chi connectivity index (χ2v) is 9.70. The van der Waals surface area contributed by atoms with Crippen LogP contribution in [0.5, 0.6) is 0 Å². The van der Waals surface area contributed by atoms with Crippen LogP contribution in [0.25, 0.3) is 17.4 Å². The molecule has 0 aliphatic carbocycles. The van der Waals surface area contributed by atoms with Gasteiger partial charge in [0.15, 0.2) is 5.78 Å². The lowest BCUT2D eigenvalue weighted by atomic mass is 10.0. The zero-order valence-electron chi connectivity index (χ0n) is 22.8. The summed E-state index contributed by atoms with van der Waals surface area (Å²) in [6, 6.07) is 30.5. The Morgan fingerprint density at radius 3 is 2.29 bits per heavy atom. The average molecular weight is 559 g/mol. The Bertz CT molecular complexity index is 1760. The SMILES string of the molecule is Cc1ccc(CC(=O)Nc2ccc(NC(=O)/C=C/c3ccc(-c4ccc(F)cc4)o3)cc2C(=O)c2ccccc2)cc1. The summed E-state index contributed by atoms with van der Waals surface area (Å²) in [6.45, 7) is 1.98. The third kappa shape index (κ3) is 7.14. The minimum Gasteiger partial charge on any atom is -0.457 e. The molecule has 0 spiro atoms. The Morgan fingerprint density at radius 2 is 1.55 bits per heavy atom. The number of hydrogen-bond donors (Lipinski definition) is 2. The van der Waals surface area contributed by atoms with Gasteiger partial charge in [-0.2, -0.15) is 0 Å². The van der Waals surface area contributed by atoms with E-state index < -0.39 is 5.91 Å². The van der Waals surface area contributed by atoms with Crippen molar-refractivity contribution in [3.8, 4) is 11.3 Å². The van der Waals surface area contributed by atoms with Crippen LogP contribution in [-0.2, 0) is 16.0 Å². The van der Waals surface area contributed by atoms with Crippen LogP contribution >= 0.6 is 0 Å². The first-order valence-corrected chi connectivity index (χ1v) is 13.3. The smallest absolute Gasteiger partial charge is 0.248 e. The molecule has 4 aromatic carbocycles. The summed E-state index contributed by atoms with van der Waals surface area (Å²) in [6.07, 6.45) is 2.97. The van der Waals surface area contributed by atoms with Gasteiger partial charge in [-0.25, -0.2) is 4.39 Å². The minimum absolute atomic E-state index is 0.151. The van der Waals surface area contributed by atoms with Gasteiger partial charge in [-0.15, -0.1) is 0 Å². The molecule has 0 bridgehead atoms. The van der Waals surface area contributed by atoms with Gasteiger partial charge in [-0.1, -0.05) is 60.2 Å². The molecule has 5 aromatic rings. The number of nitrogens with one attached hydrogen (secondary N) is 2. The molecule has 42 heavy (non-hydrogen) atoms. The lowest BCUT2D eigenvalue weighted by Crippen LogP contribution is -2.18. The van der Waals surface area contributed by atoms with Gasteiger partial charge in [0.05, 0.1) is 12.1 Å². The highest BCUT2D eigenvalue weighted by atomic mass is 19.1. The third-order valence-electron chi connectivity index (χ3n) is 6.48. The molecule has 5 rings (SSSR count). The van der Waals surface area contributed by atoms with Gasteiger partial charge in [0.2, 0.25) is 11.8 Å². The third-order valence-corrected chi connectivity index (χ3v) is 6.48. The number of amides is 2. The molecule has 1 aromatic heterocycles. The van der Waals surface area contributed by atoms with Crippen molar-refractivity contribution in [3.05, 3.63) is 149 Å². The maximum Gasteiger partial charge on any atom is 0.248 e. The van der Waals surface area contributed by atoms with Crippen LogP contribution in [0.3, 0.4) is 0 Å². The van der Waals surface area contributed by atoms with Crippen LogP contribution < -0.4 is 10.6 Å². The van der Waals surface area contributed by atoms with Gasteiger partial charge >= 0.3 is 0 Å². The number of carbonyl (C=O) groups excluding carboxylic acids is 3. The lowest BCUT2D eigenvalue weighted by Gasteiger charge is -2.13. The highest BCUT2D eigenvalue weighted by Crippen LogP contribution is 2.25. The fourth-order valence-electron chi connectivity index (χ4n) is 4.30. The summed E-state index contributed by atoms with van der Waals surface area (Å²) in [5.74, 6) is -0.358. The summed E-state index contributed by atoms with van der Waals surface area (Å²) < 4.78 is 18.9. The highest BCUT2D eigenvalue weighted by Gasteiger charge is 2.17. The van der Waals surface area contributed by atoms with Crippen molar-refractivity contribution in [1.29, 1.82) is 0 Å². The standard InChI is InChI=1S/C35H27FN2O4/c1-23-7-9-24(10-8-23)21-34(40)38-31-18-15-28(22-30(31)35(41)26-5-3-2-4-6-26)37-33(39)20-17-29-16-19-32(42-29)25-11-13-27(36)14-12-25/h2-20,22H,21H2,1H3,(H,37,39)(H,38,40)/b20-17+. The van der Waals surface area contributed by atoms with Crippen molar-refractivity contribution in [3.63, 3.8) is 0 Å². The molecule has 0 aliphatic rings. The van der Waals surface area contributed by atoms with Crippen molar-refractivity contribution in [1.82, 2.24) is 0 Å². The first-order valence-electron chi connectivity index (χ1n) is 13.3. The Kier molecular flexibility index (Phi) is 8.49.